The average Bonchev–Trinajstić information content (AvgIpc) is 3.14. The van der Waals surface area contributed by atoms with Crippen LogP contribution in [0.1, 0.15) is 18.1 Å². The highest BCUT2D eigenvalue weighted by Crippen LogP contribution is 2.32. The first kappa shape index (κ1) is 16.1. The smallest absolute Gasteiger partial charge is 0.244 e. The summed E-state index contributed by atoms with van der Waals surface area (Å²) in [6, 6.07) is 19.6. The Morgan fingerprint density at radius 3 is 2.77 bits per heavy atom. The number of benzene rings is 3. The highest BCUT2D eigenvalue weighted by molar-refractivity contribution is 6.00. The maximum Gasteiger partial charge on any atom is 0.244 e. The van der Waals surface area contributed by atoms with E-state index in [1.165, 1.54) is 0 Å². The monoisotopic (exact) mass is 346 g/mol. The Labute approximate surface area is 151 Å². The molecule has 1 N–H and O–H groups in total. The molecule has 0 aromatic heterocycles. The average molecular weight is 346 g/mol. The SMILES string of the molecule is C/C(=N\NC(=O)Cc1cccc2ccccc12)c1ccc2c(c1)OCO2. The molecule has 3 aromatic rings. The molecule has 0 atom stereocenters. The Hall–Kier alpha value is -3.34. The second-order valence-electron chi connectivity index (χ2n) is 6.12. The fraction of sp³-hybridized carbons (Fsp3) is 0.143. The van der Waals surface area contributed by atoms with Gasteiger partial charge in [-0.25, -0.2) is 5.43 Å². The van der Waals surface area contributed by atoms with Crippen LogP contribution >= 0.6 is 0 Å². The van der Waals surface area contributed by atoms with Crippen LogP contribution in [0.25, 0.3) is 10.8 Å². The zero-order chi connectivity index (χ0) is 17.9. The predicted molar refractivity (Wildman–Crippen MR) is 101 cm³/mol. The van der Waals surface area contributed by atoms with Crippen LogP contribution in [-0.2, 0) is 11.2 Å². The number of hydrogen-bond donors (Lipinski definition) is 1. The summed E-state index contributed by atoms with van der Waals surface area (Å²) < 4.78 is 10.7. The topological polar surface area (TPSA) is 59.9 Å². The molecule has 5 nitrogen and oxygen atoms in total. The summed E-state index contributed by atoms with van der Waals surface area (Å²) in [5, 5.41) is 6.42. The predicted octanol–water partition coefficient (Wildman–Crippen LogP) is 3.65. The number of amides is 1. The van der Waals surface area contributed by atoms with Gasteiger partial charge in [0, 0.05) is 5.56 Å². The molecule has 3 aromatic carbocycles. The van der Waals surface area contributed by atoms with Crippen LogP contribution in [-0.4, -0.2) is 18.4 Å². The number of carbonyl (C=O) groups is 1. The molecule has 1 aliphatic rings. The Morgan fingerprint density at radius 1 is 1.04 bits per heavy atom. The zero-order valence-electron chi connectivity index (χ0n) is 14.4. The molecule has 0 radical (unpaired) electrons. The Bertz CT molecular complexity index is 1010. The van der Waals surface area contributed by atoms with Crippen molar-refractivity contribution < 1.29 is 14.3 Å². The van der Waals surface area contributed by atoms with E-state index in [2.05, 4.69) is 10.5 Å². The number of nitrogens with one attached hydrogen (secondary N) is 1. The highest BCUT2D eigenvalue weighted by atomic mass is 16.7. The van der Waals surface area contributed by atoms with Gasteiger partial charge in [0.05, 0.1) is 12.1 Å². The number of ether oxygens (including phenoxy) is 2. The van der Waals surface area contributed by atoms with E-state index in [0.717, 1.165) is 27.6 Å². The van der Waals surface area contributed by atoms with Gasteiger partial charge < -0.3 is 9.47 Å². The number of rotatable bonds is 4. The van der Waals surface area contributed by atoms with E-state index in [1.807, 2.05) is 67.6 Å². The molecule has 0 fully saturated rings. The Morgan fingerprint density at radius 2 is 1.85 bits per heavy atom. The summed E-state index contributed by atoms with van der Waals surface area (Å²) in [4.78, 5) is 12.3. The van der Waals surface area contributed by atoms with Crippen LogP contribution in [0.5, 0.6) is 11.5 Å². The fourth-order valence-electron chi connectivity index (χ4n) is 2.99. The number of fused-ring (bicyclic) bond motifs is 2. The molecule has 0 saturated carbocycles. The molecule has 5 heteroatoms. The van der Waals surface area contributed by atoms with E-state index >= 15 is 0 Å². The first-order chi connectivity index (χ1) is 12.7. The standard InChI is InChI=1S/C21H18N2O3/c1-14(16-9-10-19-20(11-16)26-13-25-19)22-23-21(24)12-17-7-4-6-15-5-2-3-8-18(15)17/h2-11H,12-13H2,1H3,(H,23,24)/b22-14+. The van der Waals surface area contributed by atoms with Crippen LogP contribution in [0.3, 0.4) is 0 Å². The van der Waals surface area contributed by atoms with Gasteiger partial charge in [0.1, 0.15) is 0 Å². The van der Waals surface area contributed by atoms with Gasteiger partial charge >= 0.3 is 0 Å². The molecule has 0 aliphatic carbocycles. The van der Waals surface area contributed by atoms with Gasteiger partial charge in [0.25, 0.3) is 0 Å². The molecule has 1 aliphatic heterocycles. The summed E-state index contributed by atoms with van der Waals surface area (Å²) in [6.07, 6.45) is 0.277. The van der Waals surface area contributed by atoms with Crippen LogP contribution in [0, 0.1) is 0 Å². The van der Waals surface area contributed by atoms with Crippen molar-refractivity contribution >= 4 is 22.4 Å². The second kappa shape index (κ2) is 6.88. The zero-order valence-corrected chi connectivity index (χ0v) is 14.4. The van der Waals surface area contributed by atoms with Gasteiger partial charge in [-0.2, -0.15) is 5.10 Å². The van der Waals surface area contributed by atoms with Gasteiger partial charge in [0.15, 0.2) is 11.5 Å². The third-order valence-electron chi connectivity index (χ3n) is 4.37. The second-order valence-corrected chi connectivity index (χ2v) is 6.12. The van der Waals surface area contributed by atoms with E-state index in [9.17, 15) is 4.79 Å². The molecule has 4 rings (SSSR count). The minimum absolute atomic E-state index is 0.151. The van der Waals surface area contributed by atoms with Gasteiger partial charge in [-0.3, -0.25) is 4.79 Å². The minimum atomic E-state index is -0.151. The first-order valence-corrected chi connectivity index (χ1v) is 8.40. The van der Waals surface area contributed by atoms with Gasteiger partial charge in [-0.1, -0.05) is 42.5 Å². The Kier molecular flexibility index (Phi) is 4.27. The van der Waals surface area contributed by atoms with Gasteiger partial charge in [0.2, 0.25) is 12.7 Å². The molecular weight excluding hydrogens is 328 g/mol. The minimum Gasteiger partial charge on any atom is -0.454 e. The summed E-state index contributed by atoms with van der Waals surface area (Å²) in [5.74, 6) is 1.27. The Balaban J connectivity index is 1.47. The van der Waals surface area contributed by atoms with Crippen molar-refractivity contribution in [2.24, 2.45) is 5.10 Å². The lowest BCUT2D eigenvalue weighted by Crippen LogP contribution is -2.21. The number of carbonyl (C=O) groups excluding carboxylic acids is 1. The largest absolute Gasteiger partial charge is 0.454 e. The molecule has 0 unspecified atom stereocenters. The van der Waals surface area contributed by atoms with Crippen molar-refractivity contribution in [2.45, 2.75) is 13.3 Å². The van der Waals surface area contributed by atoms with Crippen molar-refractivity contribution in [3.05, 3.63) is 71.8 Å². The lowest BCUT2D eigenvalue weighted by atomic mass is 10.0. The molecule has 0 saturated heterocycles. The third kappa shape index (κ3) is 3.24. The lowest BCUT2D eigenvalue weighted by Gasteiger charge is -2.07. The normalized spacial score (nSPS) is 13.0. The van der Waals surface area contributed by atoms with E-state index in [1.54, 1.807) is 0 Å². The molecule has 26 heavy (non-hydrogen) atoms. The quantitative estimate of drug-likeness (QED) is 0.579. The van der Waals surface area contributed by atoms with Crippen molar-refractivity contribution in [3.63, 3.8) is 0 Å². The van der Waals surface area contributed by atoms with Crippen LogP contribution in [0.15, 0.2) is 65.8 Å². The number of nitrogens with zero attached hydrogens (tertiary/aromatic N) is 1. The summed E-state index contributed by atoms with van der Waals surface area (Å²) in [6.45, 7) is 2.08. The molecule has 0 bridgehead atoms. The number of hydrogen-bond acceptors (Lipinski definition) is 4. The fourth-order valence-corrected chi connectivity index (χ4v) is 2.99. The van der Waals surface area contributed by atoms with Crippen molar-refractivity contribution in [1.29, 1.82) is 0 Å². The summed E-state index contributed by atoms with van der Waals surface area (Å²) >= 11 is 0. The summed E-state index contributed by atoms with van der Waals surface area (Å²) in [5.41, 5.74) is 5.20. The van der Waals surface area contributed by atoms with E-state index in [-0.39, 0.29) is 19.1 Å². The van der Waals surface area contributed by atoms with Crippen LogP contribution < -0.4 is 14.9 Å². The van der Waals surface area contributed by atoms with Crippen LogP contribution in [0.4, 0.5) is 0 Å². The van der Waals surface area contributed by atoms with Gasteiger partial charge in [-0.15, -0.1) is 0 Å². The maximum absolute atomic E-state index is 12.3. The van der Waals surface area contributed by atoms with Crippen molar-refractivity contribution in [1.82, 2.24) is 5.43 Å². The summed E-state index contributed by atoms with van der Waals surface area (Å²) in [7, 11) is 0. The molecule has 1 heterocycles. The van der Waals surface area contributed by atoms with Crippen molar-refractivity contribution in [2.75, 3.05) is 6.79 Å². The molecular formula is C21H18N2O3. The highest BCUT2D eigenvalue weighted by Gasteiger charge is 2.14. The van der Waals surface area contributed by atoms with E-state index < -0.39 is 0 Å². The third-order valence-corrected chi connectivity index (χ3v) is 4.37. The number of hydrazone groups is 1. The van der Waals surface area contributed by atoms with E-state index in [4.69, 9.17) is 9.47 Å². The molecule has 130 valence electrons. The maximum atomic E-state index is 12.3. The lowest BCUT2D eigenvalue weighted by molar-refractivity contribution is -0.120. The van der Waals surface area contributed by atoms with Crippen LogP contribution in [0.2, 0.25) is 0 Å². The molecule has 0 spiro atoms. The molecule has 1 amide bonds. The van der Waals surface area contributed by atoms with Crippen molar-refractivity contribution in [3.8, 4) is 11.5 Å². The first-order valence-electron chi connectivity index (χ1n) is 8.40. The van der Waals surface area contributed by atoms with E-state index in [0.29, 0.717) is 11.5 Å². The van der Waals surface area contributed by atoms with Gasteiger partial charge in [-0.05, 0) is 41.5 Å².